The van der Waals surface area contributed by atoms with Gasteiger partial charge in [0.1, 0.15) is 6.04 Å². The topological polar surface area (TPSA) is 77.1 Å². The molecule has 0 aliphatic carbocycles. The first-order chi connectivity index (χ1) is 11.9. The summed E-state index contributed by atoms with van der Waals surface area (Å²) in [6.07, 6.45) is 0.716. The van der Waals surface area contributed by atoms with Crippen molar-refractivity contribution in [2.24, 2.45) is 5.92 Å². The fourth-order valence-electron chi connectivity index (χ4n) is 2.91. The van der Waals surface area contributed by atoms with E-state index < -0.39 is 12.0 Å². The van der Waals surface area contributed by atoms with Crippen LogP contribution in [0.3, 0.4) is 0 Å². The van der Waals surface area contributed by atoms with Gasteiger partial charge in [-0.1, -0.05) is 13.8 Å². The molecule has 2 rings (SSSR count). The molecule has 1 N–H and O–H groups in total. The highest BCUT2D eigenvalue weighted by molar-refractivity contribution is 5.84. The molecule has 0 radical (unpaired) electrons. The molecule has 25 heavy (non-hydrogen) atoms. The molecule has 2 amide bonds. The van der Waals surface area contributed by atoms with E-state index in [0.717, 1.165) is 11.1 Å². The molecule has 1 aliphatic rings. The van der Waals surface area contributed by atoms with E-state index in [0.29, 0.717) is 31.0 Å². The first-order valence-corrected chi connectivity index (χ1v) is 8.28. The Morgan fingerprint density at radius 1 is 1.08 bits per heavy atom. The Labute approximate surface area is 148 Å². The highest BCUT2D eigenvalue weighted by Crippen LogP contribution is 2.33. The van der Waals surface area contributed by atoms with Gasteiger partial charge in [0.25, 0.3) is 0 Å². The number of hydrogen-bond donors (Lipinski definition) is 1. The predicted molar refractivity (Wildman–Crippen MR) is 92.8 cm³/mol. The Morgan fingerprint density at radius 2 is 1.68 bits per heavy atom. The van der Waals surface area contributed by atoms with Crippen LogP contribution in [-0.2, 0) is 22.5 Å². The zero-order chi connectivity index (χ0) is 18.6. The van der Waals surface area contributed by atoms with Gasteiger partial charge in [0.05, 0.1) is 21.3 Å². The third-order valence-electron chi connectivity index (χ3n) is 4.41. The molecule has 1 heterocycles. The molecule has 0 bridgehead atoms. The number of nitrogens with one attached hydrogen (secondary N) is 1. The Kier molecular flexibility index (Phi) is 6.12. The van der Waals surface area contributed by atoms with Gasteiger partial charge in [-0.2, -0.15) is 0 Å². The van der Waals surface area contributed by atoms with E-state index >= 15 is 0 Å². The van der Waals surface area contributed by atoms with Gasteiger partial charge in [0.2, 0.25) is 0 Å². The van der Waals surface area contributed by atoms with Crippen LogP contribution in [0.5, 0.6) is 11.5 Å². The van der Waals surface area contributed by atoms with Gasteiger partial charge in [-0.3, -0.25) is 0 Å². The first-order valence-electron chi connectivity index (χ1n) is 8.28. The number of nitrogens with zero attached hydrogens (tertiary/aromatic N) is 1. The van der Waals surface area contributed by atoms with E-state index in [1.165, 1.54) is 7.11 Å². The molecule has 0 aromatic heterocycles. The van der Waals surface area contributed by atoms with E-state index in [2.05, 4.69) is 5.32 Å². The summed E-state index contributed by atoms with van der Waals surface area (Å²) in [5.74, 6) is 0.827. The smallest absolute Gasteiger partial charge is 0.328 e. The quantitative estimate of drug-likeness (QED) is 0.822. The Morgan fingerprint density at radius 3 is 2.20 bits per heavy atom. The molecular weight excluding hydrogens is 324 g/mol. The standard InChI is InChI=1S/C18H26N2O5/c1-11(2)16(17(21)25-5)19-18(22)20-7-6-12-8-14(23-3)15(24-4)9-13(12)10-20/h8-9,11,16H,6-7,10H2,1-5H3,(H,19,22)/t16-/m1/s1. The average molecular weight is 350 g/mol. The van der Waals surface area contributed by atoms with Crippen LogP contribution >= 0.6 is 0 Å². The molecule has 138 valence electrons. The van der Waals surface area contributed by atoms with Crippen molar-refractivity contribution in [2.45, 2.75) is 32.9 Å². The summed E-state index contributed by atoms with van der Waals surface area (Å²) in [6, 6.07) is 2.91. The number of esters is 1. The van der Waals surface area contributed by atoms with E-state index in [9.17, 15) is 9.59 Å². The summed E-state index contributed by atoms with van der Waals surface area (Å²) in [5, 5.41) is 2.78. The number of carbonyl (C=O) groups excluding carboxylic acids is 2. The lowest BCUT2D eigenvalue weighted by Crippen LogP contribution is -2.51. The van der Waals surface area contributed by atoms with E-state index in [-0.39, 0.29) is 11.9 Å². The monoisotopic (exact) mass is 350 g/mol. The molecule has 7 nitrogen and oxygen atoms in total. The number of amides is 2. The van der Waals surface area contributed by atoms with E-state index in [4.69, 9.17) is 14.2 Å². The number of methoxy groups -OCH3 is 3. The van der Waals surface area contributed by atoms with Crippen LogP contribution in [0.1, 0.15) is 25.0 Å². The molecule has 0 unspecified atom stereocenters. The molecule has 0 fully saturated rings. The van der Waals surface area contributed by atoms with Gasteiger partial charge in [0, 0.05) is 13.1 Å². The van der Waals surface area contributed by atoms with Crippen molar-refractivity contribution in [1.29, 1.82) is 0 Å². The summed E-state index contributed by atoms with van der Waals surface area (Å²) in [5.41, 5.74) is 2.15. The Hall–Kier alpha value is -2.44. The minimum atomic E-state index is -0.663. The SMILES string of the molecule is COC(=O)[C@H](NC(=O)N1CCc2cc(OC)c(OC)cc2C1)C(C)C. The minimum absolute atomic E-state index is 0.0576. The third-order valence-corrected chi connectivity index (χ3v) is 4.41. The maximum atomic E-state index is 12.6. The number of fused-ring (bicyclic) bond motifs is 1. The van der Waals surface area contributed by atoms with Gasteiger partial charge in [-0.25, -0.2) is 9.59 Å². The number of urea groups is 1. The molecular formula is C18H26N2O5. The van der Waals surface area contributed by atoms with Crippen LogP contribution in [0.25, 0.3) is 0 Å². The maximum absolute atomic E-state index is 12.6. The average Bonchev–Trinajstić information content (AvgIpc) is 2.63. The highest BCUT2D eigenvalue weighted by atomic mass is 16.5. The summed E-state index contributed by atoms with van der Waals surface area (Å²) in [7, 11) is 4.51. The van der Waals surface area contributed by atoms with Crippen molar-refractivity contribution in [2.75, 3.05) is 27.9 Å². The predicted octanol–water partition coefficient (Wildman–Crippen LogP) is 1.97. The first kappa shape index (κ1) is 18.9. The summed E-state index contributed by atoms with van der Waals surface area (Å²) >= 11 is 0. The van der Waals surface area contributed by atoms with Crippen molar-refractivity contribution in [3.63, 3.8) is 0 Å². The van der Waals surface area contributed by atoms with Crippen LogP contribution in [0.15, 0.2) is 12.1 Å². The van der Waals surface area contributed by atoms with Crippen molar-refractivity contribution in [3.8, 4) is 11.5 Å². The van der Waals surface area contributed by atoms with Crippen molar-refractivity contribution < 1.29 is 23.8 Å². The summed E-state index contributed by atoms with van der Waals surface area (Å²) in [4.78, 5) is 26.1. The molecule has 0 saturated heterocycles. The molecule has 0 spiro atoms. The summed E-state index contributed by atoms with van der Waals surface area (Å²) < 4.78 is 15.4. The number of ether oxygens (including phenoxy) is 3. The zero-order valence-corrected chi connectivity index (χ0v) is 15.4. The largest absolute Gasteiger partial charge is 0.493 e. The second-order valence-corrected chi connectivity index (χ2v) is 6.34. The normalized spacial score (nSPS) is 14.6. The Bertz CT molecular complexity index is 645. The number of hydrogen-bond acceptors (Lipinski definition) is 5. The van der Waals surface area contributed by atoms with Crippen LogP contribution < -0.4 is 14.8 Å². The second kappa shape index (κ2) is 8.09. The number of benzene rings is 1. The lowest BCUT2D eigenvalue weighted by Gasteiger charge is -2.31. The molecule has 1 aromatic rings. The minimum Gasteiger partial charge on any atom is -0.493 e. The maximum Gasteiger partial charge on any atom is 0.328 e. The highest BCUT2D eigenvalue weighted by Gasteiger charge is 2.29. The molecule has 1 atom stereocenters. The van der Waals surface area contributed by atoms with Crippen LogP contribution in [-0.4, -0.2) is 50.8 Å². The van der Waals surface area contributed by atoms with Crippen LogP contribution in [0.2, 0.25) is 0 Å². The van der Waals surface area contributed by atoms with Crippen molar-refractivity contribution in [3.05, 3.63) is 23.3 Å². The van der Waals surface area contributed by atoms with Gasteiger partial charge >= 0.3 is 12.0 Å². The molecule has 7 heteroatoms. The van der Waals surface area contributed by atoms with Gasteiger partial charge < -0.3 is 24.4 Å². The Balaban J connectivity index is 2.13. The molecule has 0 saturated carbocycles. The third kappa shape index (κ3) is 4.15. The zero-order valence-electron chi connectivity index (χ0n) is 15.4. The lowest BCUT2D eigenvalue weighted by molar-refractivity contribution is -0.144. The van der Waals surface area contributed by atoms with Crippen LogP contribution in [0, 0.1) is 5.92 Å². The fourth-order valence-corrected chi connectivity index (χ4v) is 2.91. The van der Waals surface area contributed by atoms with Crippen LogP contribution in [0.4, 0.5) is 4.79 Å². The molecule has 1 aliphatic heterocycles. The fraction of sp³-hybridized carbons (Fsp3) is 0.556. The van der Waals surface area contributed by atoms with Gasteiger partial charge in [-0.15, -0.1) is 0 Å². The van der Waals surface area contributed by atoms with Gasteiger partial charge in [0.15, 0.2) is 11.5 Å². The number of carbonyl (C=O) groups is 2. The van der Waals surface area contributed by atoms with Gasteiger partial charge in [-0.05, 0) is 35.6 Å². The summed E-state index contributed by atoms with van der Waals surface area (Å²) in [6.45, 7) is 4.75. The number of rotatable bonds is 5. The lowest BCUT2D eigenvalue weighted by atomic mass is 9.99. The van der Waals surface area contributed by atoms with E-state index in [1.54, 1.807) is 19.1 Å². The van der Waals surface area contributed by atoms with Crippen molar-refractivity contribution in [1.82, 2.24) is 10.2 Å². The molecule has 1 aromatic carbocycles. The van der Waals surface area contributed by atoms with Crippen molar-refractivity contribution >= 4 is 12.0 Å². The van der Waals surface area contributed by atoms with E-state index in [1.807, 2.05) is 26.0 Å². The second-order valence-electron chi connectivity index (χ2n) is 6.34.